The number of hydrogen-bond donors (Lipinski definition) is 2. The second-order valence-corrected chi connectivity index (χ2v) is 8.28. The monoisotopic (exact) mass is 523 g/mol. The average molecular weight is 524 g/mol. The van der Waals surface area contributed by atoms with Crippen LogP contribution in [0.3, 0.4) is 0 Å². The third-order valence-electron chi connectivity index (χ3n) is 5.73. The third kappa shape index (κ3) is 5.39. The van der Waals surface area contributed by atoms with Gasteiger partial charge in [-0.25, -0.2) is 10.2 Å². The predicted molar refractivity (Wildman–Crippen MR) is 139 cm³/mol. The molecule has 0 bridgehead atoms. The van der Waals surface area contributed by atoms with Crippen molar-refractivity contribution in [3.8, 4) is 11.5 Å². The normalized spacial score (nSPS) is 12.1. The first-order chi connectivity index (χ1) is 18.2. The maximum Gasteiger partial charge on any atom is 0.332 e. The number of methoxy groups -OCH3 is 1. The molecule has 198 valence electrons. The Morgan fingerprint density at radius 1 is 1.11 bits per heavy atom. The van der Waals surface area contributed by atoms with Crippen LogP contribution in [0.5, 0.6) is 11.5 Å². The summed E-state index contributed by atoms with van der Waals surface area (Å²) in [7, 11) is 4.38. The smallest absolute Gasteiger partial charge is 0.332 e. The fraction of sp³-hybridized carbons (Fsp3) is 0.250. The molecule has 0 spiro atoms. The van der Waals surface area contributed by atoms with Gasteiger partial charge >= 0.3 is 5.69 Å². The van der Waals surface area contributed by atoms with Crippen molar-refractivity contribution < 1.29 is 19.5 Å². The number of nitro groups is 1. The molecule has 2 N–H and O–H groups in total. The Kier molecular flexibility index (Phi) is 7.53. The van der Waals surface area contributed by atoms with E-state index in [-0.39, 0.29) is 36.0 Å². The lowest BCUT2D eigenvalue weighted by Crippen LogP contribution is -2.38. The zero-order valence-corrected chi connectivity index (χ0v) is 20.8. The number of imidazole rings is 1. The Hall–Kier alpha value is -4.98. The Morgan fingerprint density at radius 3 is 2.39 bits per heavy atom. The van der Waals surface area contributed by atoms with E-state index in [0.29, 0.717) is 17.1 Å². The molecule has 0 aliphatic carbocycles. The van der Waals surface area contributed by atoms with Gasteiger partial charge in [0.25, 0.3) is 11.2 Å². The molecule has 0 aliphatic heterocycles. The van der Waals surface area contributed by atoms with E-state index in [9.17, 15) is 24.8 Å². The van der Waals surface area contributed by atoms with Gasteiger partial charge in [0.2, 0.25) is 5.95 Å². The number of ether oxygens (including phenoxy) is 2. The summed E-state index contributed by atoms with van der Waals surface area (Å²) in [5.74, 6) is 1.28. The first-order valence-corrected chi connectivity index (χ1v) is 11.3. The summed E-state index contributed by atoms with van der Waals surface area (Å²) in [5, 5.41) is 25.7. The quantitative estimate of drug-likeness (QED) is 0.176. The van der Waals surface area contributed by atoms with E-state index >= 15 is 0 Å². The molecular weight excluding hydrogens is 498 g/mol. The standard InChI is InChI=1S/C24H25N7O7/c1-28-21-20(22(33)29(2)24(28)34)30(13-17(32)14-38-19-10-8-18(37-3)9-11-19)23(26-21)27-25-12-15-4-6-16(7-5-15)31(35)36/h4-12,17,32H,13-14H2,1-3H3,(H,26,27)/b25-12+. The van der Waals surface area contributed by atoms with Gasteiger partial charge in [0.15, 0.2) is 11.2 Å². The van der Waals surface area contributed by atoms with Crippen molar-refractivity contribution in [3.63, 3.8) is 0 Å². The Morgan fingerprint density at radius 2 is 1.76 bits per heavy atom. The van der Waals surface area contributed by atoms with Crippen molar-refractivity contribution in [1.82, 2.24) is 18.7 Å². The van der Waals surface area contributed by atoms with Crippen LogP contribution in [-0.4, -0.2) is 54.8 Å². The van der Waals surface area contributed by atoms with E-state index in [2.05, 4.69) is 15.5 Å². The minimum atomic E-state index is -1.06. The summed E-state index contributed by atoms with van der Waals surface area (Å²) in [5.41, 5.74) is 2.29. The van der Waals surface area contributed by atoms with E-state index in [1.807, 2.05) is 0 Å². The Labute approximate surface area is 215 Å². The second-order valence-electron chi connectivity index (χ2n) is 8.28. The molecule has 0 saturated carbocycles. The number of hydrazone groups is 1. The average Bonchev–Trinajstić information content (AvgIpc) is 3.28. The molecule has 4 aromatic rings. The number of nitrogens with one attached hydrogen (secondary N) is 1. The van der Waals surface area contributed by atoms with Gasteiger partial charge in [-0.2, -0.15) is 10.1 Å². The largest absolute Gasteiger partial charge is 0.497 e. The van der Waals surface area contributed by atoms with Gasteiger partial charge in [0.1, 0.15) is 24.2 Å². The minimum absolute atomic E-state index is 0.0560. The first-order valence-electron chi connectivity index (χ1n) is 11.3. The molecule has 1 unspecified atom stereocenters. The Balaban J connectivity index is 1.61. The molecule has 0 amide bonds. The number of rotatable bonds is 10. The molecule has 14 heteroatoms. The topological polar surface area (TPSA) is 168 Å². The van der Waals surface area contributed by atoms with Gasteiger partial charge in [0.05, 0.1) is 24.8 Å². The maximum atomic E-state index is 13.0. The number of hydrogen-bond acceptors (Lipinski definition) is 10. The lowest BCUT2D eigenvalue weighted by Gasteiger charge is -2.15. The number of aryl methyl sites for hydroxylation is 1. The SMILES string of the molecule is COc1ccc(OCC(O)Cn2c(N/N=C/c3ccc([N+](=O)[O-])cc3)nc3c2c(=O)n(C)c(=O)n3C)cc1. The maximum absolute atomic E-state index is 13.0. The number of aliphatic hydroxyl groups is 1. The molecule has 2 aromatic carbocycles. The molecule has 2 heterocycles. The highest BCUT2D eigenvalue weighted by atomic mass is 16.6. The number of aliphatic hydroxyl groups excluding tert-OH is 1. The van der Waals surface area contributed by atoms with E-state index in [4.69, 9.17) is 9.47 Å². The highest BCUT2D eigenvalue weighted by Crippen LogP contribution is 2.19. The van der Waals surface area contributed by atoms with Crippen molar-refractivity contribution in [2.45, 2.75) is 12.6 Å². The van der Waals surface area contributed by atoms with Crippen LogP contribution in [0, 0.1) is 10.1 Å². The molecular formula is C24H25N7O7. The lowest BCUT2D eigenvalue weighted by atomic mass is 10.2. The molecule has 2 aromatic heterocycles. The van der Waals surface area contributed by atoms with Crippen molar-refractivity contribution >= 4 is 29.0 Å². The van der Waals surface area contributed by atoms with Crippen LogP contribution in [0.4, 0.5) is 11.6 Å². The van der Waals surface area contributed by atoms with Crippen LogP contribution in [-0.2, 0) is 20.6 Å². The predicted octanol–water partition coefficient (Wildman–Crippen LogP) is 1.24. The summed E-state index contributed by atoms with van der Waals surface area (Å²) < 4.78 is 14.4. The minimum Gasteiger partial charge on any atom is -0.497 e. The summed E-state index contributed by atoms with van der Waals surface area (Å²) >= 11 is 0. The van der Waals surface area contributed by atoms with Crippen LogP contribution in [0.15, 0.2) is 63.2 Å². The van der Waals surface area contributed by atoms with Gasteiger partial charge in [-0.1, -0.05) is 0 Å². The van der Waals surface area contributed by atoms with Crippen molar-refractivity contribution in [2.75, 3.05) is 19.1 Å². The number of fused-ring (bicyclic) bond motifs is 1. The van der Waals surface area contributed by atoms with Crippen LogP contribution in [0.2, 0.25) is 0 Å². The molecule has 38 heavy (non-hydrogen) atoms. The third-order valence-corrected chi connectivity index (χ3v) is 5.73. The fourth-order valence-corrected chi connectivity index (χ4v) is 3.68. The first kappa shape index (κ1) is 26.1. The summed E-state index contributed by atoms with van der Waals surface area (Å²) in [6.45, 7) is -0.195. The number of anilines is 1. The molecule has 14 nitrogen and oxygen atoms in total. The number of benzene rings is 2. The van der Waals surface area contributed by atoms with Gasteiger partial charge in [-0.15, -0.1) is 0 Å². The number of aromatic nitrogens is 4. The van der Waals surface area contributed by atoms with Crippen LogP contribution in [0.1, 0.15) is 5.56 Å². The van der Waals surface area contributed by atoms with Gasteiger partial charge in [0, 0.05) is 26.2 Å². The summed E-state index contributed by atoms with van der Waals surface area (Å²) in [6.07, 6.45) is 0.351. The highest BCUT2D eigenvalue weighted by molar-refractivity contribution is 5.81. The highest BCUT2D eigenvalue weighted by Gasteiger charge is 2.21. The summed E-state index contributed by atoms with van der Waals surface area (Å²) in [4.78, 5) is 40.1. The number of non-ortho nitro benzene ring substituents is 1. The van der Waals surface area contributed by atoms with E-state index in [1.165, 1.54) is 53.7 Å². The second kappa shape index (κ2) is 11.0. The summed E-state index contributed by atoms with van der Waals surface area (Å²) in [6, 6.07) is 12.6. The molecule has 1 atom stereocenters. The molecule has 0 saturated heterocycles. The molecule has 0 aliphatic rings. The van der Waals surface area contributed by atoms with Crippen molar-refractivity contribution in [2.24, 2.45) is 19.2 Å². The molecule has 0 radical (unpaired) electrons. The van der Waals surface area contributed by atoms with Gasteiger partial charge in [-0.3, -0.25) is 24.0 Å². The van der Waals surface area contributed by atoms with E-state index < -0.39 is 22.3 Å². The zero-order chi connectivity index (χ0) is 27.4. The molecule has 0 fully saturated rings. The van der Waals surface area contributed by atoms with Gasteiger partial charge < -0.3 is 19.1 Å². The Bertz CT molecular complexity index is 1600. The van der Waals surface area contributed by atoms with Crippen LogP contribution in [0.25, 0.3) is 11.2 Å². The van der Waals surface area contributed by atoms with Crippen molar-refractivity contribution in [1.29, 1.82) is 0 Å². The van der Waals surface area contributed by atoms with Crippen molar-refractivity contribution in [3.05, 3.63) is 85.0 Å². The lowest BCUT2D eigenvalue weighted by molar-refractivity contribution is -0.384. The van der Waals surface area contributed by atoms with E-state index in [1.54, 1.807) is 31.4 Å². The van der Waals surface area contributed by atoms with Crippen LogP contribution < -0.4 is 26.1 Å². The van der Waals surface area contributed by atoms with E-state index in [0.717, 1.165) is 4.57 Å². The zero-order valence-electron chi connectivity index (χ0n) is 20.8. The molecule has 4 rings (SSSR count). The number of nitrogens with zero attached hydrogens (tertiary/aromatic N) is 6. The number of nitro benzene ring substituents is 1. The fourth-order valence-electron chi connectivity index (χ4n) is 3.68. The van der Waals surface area contributed by atoms with Crippen LogP contribution >= 0.6 is 0 Å². The van der Waals surface area contributed by atoms with Gasteiger partial charge in [-0.05, 0) is 42.0 Å².